The molecule has 0 aliphatic carbocycles. The Balaban J connectivity index is 1.91. The number of likely N-dealkylation sites (tertiary alicyclic amines) is 2. The molecule has 5 heteroatoms. The molecule has 2 amide bonds. The quantitative estimate of drug-likeness (QED) is 0.779. The van der Waals surface area contributed by atoms with Crippen molar-refractivity contribution in [3.63, 3.8) is 0 Å². The minimum Gasteiger partial charge on any atom is -0.450 e. The van der Waals surface area contributed by atoms with Gasteiger partial charge in [0.1, 0.15) is 0 Å². The Morgan fingerprint density at radius 2 is 1.80 bits per heavy atom. The number of hydrogen-bond donors (Lipinski definition) is 0. The summed E-state index contributed by atoms with van der Waals surface area (Å²) in [5.41, 5.74) is 0. The highest BCUT2D eigenvalue weighted by Crippen LogP contribution is 2.23. The number of carbonyl (C=O) groups excluding carboxylic acids is 2. The molecule has 2 aliphatic heterocycles. The zero-order valence-electron chi connectivity index (χ0n) is 12.6. The van der Waals surface area contributed by atoms with Crippen LogP contribution < -0.4 is 0 Å². The van der Waals surface area contributed by atoms with Gasteiger partial charge < -0.3 is 14.5 Å². The van der Waals surface area contributed by atoms with E-state index in [-0.39, 0.29) is 17.9 Å². The molecule has 2 heterocycles. The fourth-order valence-electron chi connectivity index (χ4n) is 3.21. The van der Waals surface area contributed by atoms with Gasteiger partial charge in [0, 0.05) is 26.2 Å². The highest BCUT2D eigenvalue weighted by molar-refractivity contribution is 5.80. The highest BCUT2D eigenvalue weighted by Gasteiger charge is 2.32. The van der Waals surface area contributed by atoms with Gasteiger partial charge in [0.2, 0.25) is 5.91 Å². The Bertz CT molecular complexity index is 359. The minimum absolute atomic E-state index is 0.0431. The van der Waals surface area contributed by atoms with Crippen LogP contribution >= 0.6 is 0 Å². The summed E-state index contributed by atoms with van der Waals surface area (Å²) in [6.45, 7) is 7.36. The molecule has 0 aromatic carbocycles. The zero-order valence-corrected chi connectivity index (χ0v) is 12.6. The van der Waals surface area contributed by atoms with Gasteiger partial charge >= 0.3 is 6.09 Å². The molecule has 0 aromatic heterocycles. The first-order valence-corrected chi connectivity index (χ1v) is 7.82. The van der Waals surface area contributed by atoms with E-state index in [0.717, 1.165) is 32.4 Å². The number of carbonyl (C=O) groups is 2. The van der Waals surface area contributed by atoms with Crippen LogP contribution in [0.1, 0.15) is 39.5 Å². The van der Waals surface area contributed by atoms with Gasteiger partial charge in [-0.1, -0.05) is 6.92 Å². The van der Waals surface area contributed by atoms with E-state index in [1.54, 1.807) is 11.8 Å². The summed E-state index contributed by atoms with van der Waals surface area (Å²) in [7, 11) is 0. The summed E-state index contributed by atoms with van der Waals surface area (Å²) in [4.78, 5) is 28.0. The van der Waals surface area contributed by atoms with Gasteiger partial charge in [0.15, 0.2) is 0 Å². The maximum absolute atomic E-state index is 12.6. The number of piperidine rings is 2. The topological polar surface area (TPSA) is 49.9 Å². The van der Waals surface area contributed by atoms with Crippen molar-refractivity contribution >= 4 is 12.0 Å². The normalized spacial score (nSPS) is 27.3. The monoisotopic (exact) mass is 282 g/mol. The van der Waals surface area contributed by atoms with Crippen LogP contribution in [0.2, 0.25) is 0 Å². The second-order valence-electron chi connectivity index (χ2n) is 6.02. The molecule has 0 aromatic rings. The van der Waals surface area contributed by atoms with Gasteiger partial charge in [-0.15, -0.1) is 0 Å². The smallest absolute Gasteiger partial charge is 0.409 e. The van der Waals surface area contributed by atoms with E-state index >= 15 is 0 Å². The van der Waals surface area contributed by atoms with Crippen LogP contribution in [0.3, 0.4) is 0 Å². The second-order valence-corrected chi connectivity index (χ2v) is 6.02. The lowest BCUT2D eigenvalue weighted by atomic mass is 9.94. The largest absolute Gasteiger partial charge is 0.450 e. The number of nitrogens with zero attached hydrogens (tertiary/aromatic N) is 2. The van der Waals surface area contributed by atoms with E-state index in [1.165, 1.54) is 6.42 Å². The van der Waals surface area contributed by atoms with Crippen LogP contribution in [-0.2, 0) is 9.53 Å². The lowest BCUT2D eigenvalue weighted by molar-refractivity contribution is -0.138. The van der Waals surface area contributed by atoms with Crippen LogP contribution in [0.4, 0.5) is 4.79 Å². The third kappa shape index (κ3) is 3.64. The standard InChI is InChI=1S/C15H26N2O3/c1-3-20-15(19)17-9-5-7-13(11-17)14(18)16-8-4-6-12(2)10-16/h12-13H,3-11H2,1-2H3. The Hall–Kier alpha value is -1.26. The predicted molar refractivity (Wildman–Crippen MR) is 76.3 cm³/mol. The maximum atomic E-state index is 12.6. The van der Waals surface area contributed by atoms with Crippen LogP contribution in [0.25, 0.3) is 0 Å². The van der Waals surface area contributed by atoms with Crippen LogP contribution in [0, 0.1) is 11.8 Å². The molecule has 5 nitrogen and oxygen atoms in total. The molecule has 0 bridgehead atoms. The van der Waals surface area contributed by atoms with E-state index in [4.69, 9.17) is 4.74 Å². The van der Waals surface area contributed by atoms with E-state index < -0.39 is 0 Å². The van der Waals surface area contributed by atoms with Crippen LogP contribution in [-0.4, -0.2) is 54.6 Å². The summed E-state index contributed by atoms with van der Waals surface area (Å²) in [6, 6.07) is 0. The lowest BCUT2D eigenvalue weighted by Crippen LogP contribution is -2.49. The molecule has 0 spiro atoms. The van der Waals surface area contributed by atoms with Crippen molar-refractivity contribution in [1.82, 2.24) is 9.80 Å². The third-order valence-corrected chi connectivity index (χ3v) is 4.27. The molecule has 0 radical (unpaired) electrons. The predicted octanol–water partition coefficient (Wildman–Crippen LogP) is 2.11. The Kier molecular flexibility index (Phi) is 5.26. The summed E-state index contributed by atoms with van der Waals surface area (Å²) < 4.78 is 5.03. The van der Waals surface area contributed by atoms with E-state index in [9.17, 15) is 9.59 Å². The van der Waals surface area contributed by atoms with Gasteiger partial charge in [-0.25, -0.2) is 4.79 Å². The maximum Gasteiger partial charge on any atom is 0.409 e. The fourth-order valence-corrected chi connectivity index (χ4v) is 3.21. The van der Waals surface area contributed by atoms with Crippen molar-refractivity contribution in [3.05, 3.63) is 0 Å². The Morgan fingerprint density at radius 3 is 2.50 bits per heavy atom. The average molecular weight is 282 g/mol. The minimum atomic E-state index is -0.281. The van der Waals surface area contributed by atoms with E-state index in [0.29, 0.717) is 25.6 Å². The molecular formula is C15H26N2O3. The Morgan fingerprint density at radius 1 is 1.10 bits per heavy atom. The van der Waals surface area contributed by atoms with Crippen LogP contribution in [0.15, 0.2) is 0 Å². The number of hydrogen-bond acceptors (Lipinski definition) is 3. The molecule has 0 N–H and O–H groups in total. The van der Waals surface area contributed by atoms with Crippen molar-refractivity contribution in [2.45, 2.75) is 39.5 Å². The molecule has 2 rings (SSSR count). The molecule has 2 saturated heterocycles. The summed E-state index contributed by atoms with van der Waals surface area (Å²) in [5.74, 6) is 0.779. The molecule has 2 aliphatic rings. The van der Waals surface area contributed by atoms with Crippen molar-refractivity contribution < 1.29 is 14.3 Å². The van der Waals surface area contributed by atoms with Crippen molar-refractivity contribution in [2.75, 3.05) is 32.8 Å². The molecule has 2 unspecified atom stereocenters. The number of ether oxygens (including phenoxy) is 1. The number of amides is 2. The van der Waals surface area contributed by atoms with E-state index in [1.807, 2.05) is 4.90 Å². The molecule has 114 valence electrons. The first-order chi connectivity index (χ1) is 9.61. The van der Waals surface area contributed by atoms with Gasteiger partial charge in [0.25, 0.3) is 0 Å². The second kappa shape index (κ2) is 6.95. The summed E-state index contributed by atoms with van der Waals surface area (Å²) >= 11 is 0. The van der Waals surface area contributed by atoms with Gasteiger partial charge in [-0.2, -0.15) is 0 Å². The Labute approximate surface area is 121 Å². The van der Waals surface area contributed by atoms with Crippen molar-refractivity contribution in [1.29, 1.82) is 0 Å². The lowest BCUT2D eigenvalue weighted by Gasteiger charge is -2.37. The van der Waals surface area contributed by atoms with Gasteiger partial charge in [-0.3, -0.25) is 4.79 Å². The number of rotatable bonds is 2. The first kappa shape index (κ1) is 15.1. The van der Waals surface area contributed by atoms with Gasteiger partial charge in [-0.05, 0) is 38.5 Å². The van der Waals surface area contributed by atoms with E-state index in [2.05, 4.69) is 6.92 Å². The van der Waals surface area contributed by atoms with Gasteiger partial charge in [0.05, 0.1) is 12.5 Å². The zero-order chi connectivity index (χ0) is 14.5. The highest BCUT2D eigenvalue weighted by atomic mass is 16.6. The fraction of sp³-hybridized carbons (Fsp3) is 0.867. The van der Waals surface area contributed by atoms with Crippen molar-refractivity contribution in [3.8, 4) is 0 Å². The molecule has 2 atom stereocenters. The summed E-state index contributed by atoms with van der Waals surface area (Å²) in [5, 5.41) is 0. The molecule has 2 fully saturated rings. The SMILES string of the molecule is CCOC(=O)N1CCCC(C(=O)N2CCCC(C)C2)C1. The average Bonchev–Trinajstić information content (AvgIpc) is 2.47. The third-order valence-electron chi connectivity index (χ3n) is 4.27. The summed E-state index contributed by atoms with van der Waals surface area (Å²) in [6.07, 6.45) is 3.81. The van der Waals surface area contributed by atoms with Crippen LogP contribution in [0.5, 0.6) is 0 Å². The van der Waals surface area contributed by atoms with Crippen molar-refractivity contribution in [2.24, 2.45) is 11.8 Å². The molecular weight excluding hydrogens is 256 g/mol. The molecule has 0 saturated carbocycles. The first-order valence-electron chi connectivity index (χ1n) is 7.82. The molecule has 20 heavy (non-hydrogen) atoms.